The Hall–Kier alpha value is -0.920. The number of rotatable bonds is 0. The number of nitrogens with zero attached hydrogens (tertiary/aromatic N) is 2. The average molecular weight is 279 g/mol. The van der Waals surface area contributed by atoms with Crippen molar-refractivity contribution < 1.29 is 4.39 Å². The van der Waals surface area contributed by atoms with Crippen molar-refractivity contribution in [1.29, 1.82) is 0 Å². The van der Waals surface area contributed by atoms with Crippen LogP contribution in [0.15, 0.2) is 17.2 Å². The van der Waals surface area contributed by atoms with Gasteiger partial charge in [0.25, 0.3) is 0 Å². The molecule has 0 aliphatic heterocycles. The van der Waals surface area contributed by atoms with Crippen LogP contribution in [0.5, 0.6) is 0 Å². The van der Waals surface area contributed by atoms with Gasteiger partial charge in [0.2, 0.25) is 0 Å². The van der Waals surface area contributed by atoms with Crippen LogP contribution in [0.1, 0.15) is 0 Å². The zero-order chi connectivity index (χ0) is 8.72. The molecule has 0 fully saturated rings. The largest absolute Gasteiger partial charge is 0.331 e. The zero-order valence-electron chi connectivity index (χ0n) is 5.71. The zero-order valence-corrected chi connectivity index (χ0v) is 7.87. The Bertz CT molecular complexity index is 489. The fourth-order valence-corrected chi connectivity index (χ4v) is 1.44. The van der Waals surface area contributed by atoms with Crippen molar-refractivity contribution in [3.8, 4) is 0 Å². The number of hydrogen-bond donors (Lipinski definition) is 1. The highest BCUT2D eigenvalue weighted by Gasteiger charge is 2.06. The van der Waals surface area contributed by atoms with Crippen LogP contribution in [0, 0.1) is 9.52 Å². The predicted octanol–water partition coefficient (Wildman–Crippen LogP) is 0.766. The lowest BCUT2D eigenvalue weighted by molar-refractivity contribution is 0.619. The van der Waals surface area contributed by atoms with Gasteiger partial charge < -0.3 is 4.98 Å². The van der Waals surface area contributed by atoms with Crippen molar-refractivity contribution >= 4 is 28.2 Å². The summed E-state index contributed by atoms with van der Waals surface area (Å²) in [4.78, 5) is 17.1. The van der Waals surface area contributed by atoms with Gasteiger partial charge in [0.1, 0.15) is 3.70 Å². The average Bonchev–Trinajstić information content (AvgIpc) is 2.41. The van der Waals surface area contributed by atoms with E-state index in [1.54, 1.807) is 0 Å². The number of halogens is 2. The van der Waals surface area contributed by atoms with Crippen LogP contribution in [0.3, 0.4) is 0 Å². The molecule has 0 unspecified atom stereocenters. The minimum Gasteiger partial charge on any atom is -0.311 e. The third-order valence-electron chi connectivity index (χ3n) is 1.43. The number of H-pyrrole nitrogens is 1. The van der Waals surface area contributed by atoms with Crippen LogP contribution < -0.4 is 5.69 Å². The number of nitrogens with one attached hydrogen (secondary N) is 1. The minimum absolute atomic E-state index is 0.0585. The molecule has 6 heteroatoms. The van der Waals surface area contributed by atoms with Crippen molar-refractivity contribution in [2.24, 2.45) is 0 Å². The molecule has 0 saturated heterocycles. The molecular weight excluding hydrogens is 276 g/mol. The van der Waals surface area contributed by atoms with Gasteiger partial charge in [-0.05, 0) is 22.6 Å². The van der Waals surface area contributed by atoms with Gasteiger partial charge in [0.15, 0.2) is 11.5 Å². The lowest BCUT2D eigenvalue weighted by Gasteiger charge is -1.90. The highest BCUT2D eigenvalue weighted by molar-refractivity contribution is 14.1. The minimum atomic E-state index is -0.530. The number of aromatic amines is 1. The number of hydrogen-bond acceptors (Lipinski definition) is 2. The first-order valence-electron chi connectivity index (χ1n) is 3.10. The molecular formula is C6H3FIN3O. The summed E-state index contributed by atoms with van der Waals surface area (Å²) in [5.74, 6) is -0.530. The highest BCUT2D eigenvalue weighted by atomic mass is 127. The molecule has 2 heterocycles. The monoisotopic (exact) mass is 279 g/mol. The van der Waals surface area contributed by atoms with E-state index in [0.29, 0.717) is 3.70 Å². The van der Waals surface area contributed by atoms with Gasteiger partial charge in [-0.1, -0.05) is 0 Å². The molecule has 12 heavy (non-hydrogen) atoms. The second kappa shape index (κ2) is 2.54. The van der Waals surface area contributed by atoms with Crippen LogP contribution in [-0.2, 0) is 0 Å². The Balaban J connectivity index is 3.03. The van der Waals surface area contributed by atoms with Gasteiger partial charge in [-0.15, -0.1) is 0 Å². The Kier molecular flexibility index (Phi) is 1.63. The first-order valence-corrected chi connectivity index (χ1v) is 4.18. The van der Waals surface area contributed by atoms with Crippen LogP contribution in [0.2, 0.25) is 0 Å². The van der Waals surface area contributed by atoms with E-state index in [2.05, 4.69) is 9.97 Å². The Morgan fingerprint density at radius 1 is 1.67 bits per heavy atom. The molecule has 0 amide bonds. The summed E-state index contributed by atoms with van der Waals surface area (Å²) in [6.45, 7) is 0. The van der Waals surface area contributed by atoms with E-state index in [1.807, 2.05) is 22.6 Å². The molecule has 62 valence electrons. The molecule has 0 bridgehead atoms. The summed E-state index contributed by atoms with van der Waals surface area (Å²) in [6, 6.07) is 0. The standard InChI is InChI=1S/C6H3FIN3O/c7-3-1-9-6(12)11-2-4(8)10-5(3)11/h1-2H,(H,9,12). The summed E-state index contributed by atoms with van der Waals surface area (Å²) in [7, 11) is 0. The number of imidazole rings is 1. The predicted molar refractivity (Wildman–Crippen MR) is 48.5 cm³/mol. The Morgan fingerprint density at radius 2 is 2.42 bits per heavy atom. The fourth-order valence-electron chi connectivity index (χ4n) is 0.934. The summed E-state index contributed by atoms with van der Waals surface area (Å²) in [6.07, 6.45) is 2.47. The molecule has 0 saturated carbocycles. The van der Waals surface area contributed by atoms with Crippen molar-refractivity contribution in [3.05, 3.63) is 32.4 Å². The third-order valence-corrected chi connectivity index (χ3v) is 1.95. The summed E-state index contributed by atoms with van der Waals surface area (Å²) < 4.78 is 14.6. The van der Waals surface area contributed by atoms with E-state index in [-0.39, 0.29) is 11.3 Å². The smallest absolute Gasteiger partial charge is 0.311 e. The number of aromatic nitrogens is 3. The van der Waals surface area contributed by atoms with Crippen LogP contribution >= 0.6 is 22.6 Å². The molecule has 0 radical (unpaired) electrons. The maximum Gasteiger partial charge on any atom is 0.331 e. The van der Waals surface area contributed by atoms with Crippen molar-refractivity contribution in [1.82, 2.24) is 14.4 Å². The Labute approximate surface area is 79.6 Å². The Morgan fingerprint density at radius 3 is 3.08 bits per heavy atom. The first kappa shape index (κ1) is 7.71. The van der Waals surface area contributed by atoms with Crippen molar-refractivity contribution in [3.63, 3.8) is 0 Å². The maximum atomic E-state index is 12.9. The van der Waals surface area contributed by atoms with Crippen LogP contribution in [0.25, 0.3) is 5.65 Å². The van der Waals surface area contributed by atoms with Crippen LogP contribution in [-0.4, -0.2) is 14.4 Å². The molecule has 2 aromatic rings. The molecule has 0 aromatic carbocycles. The van der Waals surface area contributed by atoms with Gasteiger partial charge in [-0.2, -0.15) is 0 Å². The second-order valence-corrected chi connectivity index (χ2v) is 3.30. The van der Waals surface area contributed by atoms with Crippen LogP contribution in [0.4, 0.5) is 4.39 Å². The van der Waals surface area contributed by atoms with Crippen molar-refractivity contribution in [2.45, 2.75) is 0 Å². The lowest BCUT2D eigenvalue weighted by Crippen LogP contribution is -2.15. The lowest BCUT2D eigenvalue weighted by atomic mass is 10.6. The molecule has 4 nitrogen and oxygen atoms in total. The quantitative estimate of drug-likeness (QED) is 0.724. The fraction of sp³-hybridized carbons (Fsp3) is 0. The van der Waals surface area contributed by atoms with Gasteiger partial charge in [-0.25, -0.2) is 18.6 Å². The SMILES string of the molecule is O=c1[nH]cc(F)c2nc(I)cn12. The second-order valence-electron chi connectivity index (χ2n) is 2.20. The molecule has 2 aromatic heterocycles. The van der Waals surface area contributed by atoms with Gasteiger partial charge in [0, 0.05) is 12.4 Å². The molecule has 1 N–H and O–H groups in total. The van der Waals surface area contributed by atoms with E-state index in [0.717, 1.165) is 10.6 Å². The van der Waals surface area contributed by atoms with Gasteiger partial charge in [-0.3, -0.25) is 0 Å². The van der Waals surface area contributed by atoms with Gasteiger partial charge in [0.05, 0.1) is 0 Å². The number of fused-ring (bicyclic) bond motifs is 1. The topological polar surface area (TPSA) is 50.2 Å². The van der Waals surface area contributed by atoms with E-state index in [1.165, 1.54) is 6.20 Å². The van der Waals surface area contributed by atoms with E-state index in [9.17, 15) is 9.18 Å². The molecule has 0 atom stereocenters. The summed E-state index contributed by atoms with van der Waals surface area (Å²) >= 11 is 1.91. The van der Waals surface area contributed by atoms with Crippen molar-refractivity contribution in [2.75, 3.05) is 0 Å². The normalized spacial score (nSPS) is 10.8. The molecule has 0 spiro atoms. The third kappa shape index (κ3) is 1.02. The van der Waals surface area contributed by atoms with E-state index in [4.69, 9.17) is 0 Å². The summed E-state index contributed by atoms with van der Waals surface area (Å²) in [5.41, 5.74) is -0.329. The molecule has 2 rings (SSSR count). The highest BCUT2D eigenvalue weighted by Crippen LogP contribution is 2.06. The first-order chi connectivity index (χ1) is 5.68. The van der Waals surface area contributed by atoms with E-state index >= 15 is 0 Å². The maximum absolute atomic E-state index is 12.9. The summed E-state index contributed by atoms with van der Waals surface area (Å²) in [5, 5.41) is 0. The molecule has 0 aliphatic carbocycles. The van der Waals surface area contributed by atoms with E-state index < -0.39 is 5.82 Å². The van der Waals surface area contributed by atoms with Gasteiger partial charge >= 0.3 is 5.69 Å². The molecule has 0 aliphatic rings.